The molecule has 1 heterocycles. The number of carbonyl (C=O) groups excluding carboxylic acids is 2. The predicted molar refractivity (Wildman–Crippen MR) is 143 cm³/mol. The van der Waals surface area contributed by atoms with Gasteiger partial charge in [0, 0.05) is 32.9 Å². The second-order valence-electron chi connectivity index (χ2n) is 7.91. The monoisotopic (exact) mass is 559 g/mol. The van der Waals surface area contributed by atoms with Gasteiger partial charge in [-0.15, -0.1) is 6.42 Å². The van der Waals surface area contributed by atoms with E-state index < -0.39 is 21.9 Å². The maximum atomic E-state index is 13.1. The Morgan fingerprint density at radius 3 is 2.26 bits per heavy atom. The summed E-state index contributed by atoms with van der Waals surface area (Å²) in [4.78, 5) is 29.7. The number of sulfonamides is 1. The van der Waals surface area contributed by atoms with Crippen LogP contribution in [0.3, 0.4) is 0 Å². The van der Waals surface area contributed by atoms with Crippen LogP contribution in [0.1, 0.15) is 27.6 Å². The van der Waals surface area contributed by atoms with E-state index in [1.165, 1.54) is 54.1 Å². The third kappa shape index (κ3) is 6.75. The molecule has 0 N–H and O–H groups in total. The molecule has 38 heavy (non-hydrogen) atoms. The molecule has 0 saturated carbocycles. The van der Waals surface area contributed by atoms with Crippen molar-refractivity contribution in [2.24, 2.45) is 4.99 Å². The van der Waals surface area contributed by atoms with E-state index in [9.17, 15) is 18.0 Å². The van der Waals surface area contributed by atoms with Gasteiger partial charge in [0.15, 0.2) is 4.80 Å². The number of ether oxygens (including phenoxy) is 3. The number of esters is 1. The van der Waals surface area contributed by atoms with Crippen LogP contribution in [0.15, 0.2) is 52.4 Å². The number of hydrogen-bond acceptors (Lipinski definition) is 8. The van der Waals surface area contributed by atoms with E-state index in [1.807, 2.05) is 0 Å². The van der Waals surface area contributed by atoms with Crippen LogP contribution in [0.2, 0.25) is 0 Å². The summed E-state index contributed by atoms with van der Waals surface area (Å²) in [6.45, 7) is 2.94. The smallest absolute Gasteiger partial charge is 0.338 e. The number of carbonyl (C=O) groups is 2. The minimum absolute atomic E-state index is 0.0389. The first-order valence-corrected chi connectivity index (χ1v) is 13.9. The Hall–Kier alpha value is -3.34. The minimum atomic E-state index is -3.82. The van der Waals surface area contributed by atoms with Crippen molar-refractivity contribution < 1.29 is 32.2 Å². The quantitative estimate of drug-likeness (QED) is 0.247. The maximum absolute atomic E-state index is 13.1. The van der Waals surface area contributed by atoms with Crippen molar-refractivity contribution >= 4 is 43.5 Å². The molecule has 0 aliphatic heterocycles. The summed E-state index contributed by atoms with van der Waals surface area (Å²) in [6.07, 6.45) is 5.54. The van der Waals surface area contributed by atoms with Gasteiger partial charge in [0.1, 0.15) is 0 Å². The standard InChI is InChI=1S/C26H29N3O7S2/c1-5-13-29-22-12-9-20(25(31)36-6-2)18-23(22)37-26(29)27-24(30)19-7-10-21(11-8-19)38(32,33)28(14-16-34-3)15-17-35-4/h1,7-12,18H,6,13-17H2,2-4H3. The van der Waals surface area contributed by atoms with Gasteiger partial charge in [0.25, 0.3) is 5.91 Å². The predicted octanol–water partition coefficient (Wildman–Crippen LogP) is 2.54. The van der Waals surface area contributed by atoms with Crippen molar-refractivity contribution in [2.75, 3.05) is 47.1 Å². The minimum Gasteiger partial charge on any atom is -0.462 e. The van der Waals surface area contributed by atoms with Crippen LogP contribution in [-0.4, -0.2) is 76.3 Å². The van der Waals surface area contributed by atoms with E-state index in [0.29, 0.717) is 15.1 Å². The number of nitrogens with zero attached hydrogens (tertiary/aromatic N) is 3. The number of amides is 1. The zero-order chi connectivity index (χ0) is 27.7. The van der Waals surface area contributed by atoms with Crippen LogP contribution in [0.25, 0.3) is 10.2 Å². The van der Waals surface area contributed by atoms with Gasteiger partial charge in [-0.1, -0.05) is 17.3 Å². The number of benzene rings is 2. The molecule has 0 saturated heterocycles. The molecule has 0 aliphatic carbocycles. The largest absolute Gasteiger partial charge is 0.462 e. The molecule has 3 rings (SSSR count). The fraction of sp³-hybridized carbons (Fsp3) is 0.346. The van der Waals surface area contributed by atoms with Crippen molar-refractivity contribution in [3.63, 3.8) is 0 Å². The van der Waals surface area contributed by atoms with Crippen LogP contribution in [-0.2, 0) is 30.8 Å². The highest BCUT2D eigenvalue weighted by Crippen LogP contribution is 2.21. The summed E-state index contributed by atoms with van der Waals surface area (Å²) in [5, 5.41) is 0. The van der Waals surface area contributed by atoms with Gasteiger partial charge in [-0.3, -0.25) is 4.79 Å². The molecule has 1 amide bonds. The van der Waals surface area contributed by atoms with Gasteiger partial charge in [-0.05, 0) is 49.4 Å². The SMILES string of the molecule is C#CCn1c(=NC(=O)c2ccc(S(=O)(=O)N(CCOC)CCOC)cc2)sc2cc(C(=O)OCC)ccc21. The summed E-state index contributed by atoms with van der Waals surface area (Å²) >= 11 is 1.21. The van der Waals surface area contributed by atoms with E-state index in [2.05, 4.69) is 10.9 Å². The lowest BCUT2D eigenvalue weighted by Gasteiger charge is -2.21. The van der Waals surface area contributed by atoms with Crippen molar-refractivity contribution in [1.29, 1.82) is 0 Å². The average Bonchev–Trinajstić information content (AvgIpc) is 3.24. The first kappa shape index (κ1) is 29.2. The summed E-state index contributed by atoms with van der Waals surface area (Å²) < 4.78 is 45.0. The number of methoxy groups -OCH3 is 2. The molecule has 3 aromatic rings. The first-order chi connectivity index (χ1) is 18.3. The number of thiazole rings is 1. The molecule has 12 heteroatoms. The van der Waals surface area contributed by atoms with Gasteiger partial charge in [-0.2, -0.15) is 9.30 Å². The Labute approximate surface area is 225 Å². The molecule has 0 spiro atoms. The van der Waals surface area contributed by atoms with E-state index in [1.54, 1.807) is 29.7 Å². The first-order valence-electron chi connectivity index (χ1n) is 11.7. The van der Waals surface area contributed by atoms with Crippen molar-refractivity contribution in [3.05, 3.63) is 58.4 Å². The van der Waals surface area contributed by atoms with Crippen LogP contribution in [0, 0.1) is 12.3 Å². The third-order valence-corrected chi connectivity index (χ3v) is 8.42. The Morgan fingerprint density at radius 2 is 1.68 bits per heavy atom. The lowest BCUT2D eigenvalue weighted by atomic mass is 10.2. The molecule has 0 fully saturated rings. The van der Waals surface area contributed by atoms with Gasteiger partial charge in [0.2, 0.25) is 10.0 Å². The molecule has 1 aromatic heterocycles. The average molecular weight is 560 g/mol. The Morgan fingerprint density at radius 1 is 1.05 bits per heavy atom. The normalized spacial score (nSPS) is 12.1. The molecule has 0 unspecified atom stereocenters. The second-order valence-corrected chi connectivity index (χ2v) is 10.9. The van der Waals surface area contributed by atoms with Crippen LogP contribution in [0.4, 0.5) is 0 Å². The molecule has 0 aliphatic rings. The highest BCUT2D eigenvalue weighted by Gasteiger charge is 2.24. The molecule has 0 radical (unpaired) electrons. The Bertz CT molecular complexity index is 1490. The summed E-state index contributed by atoms with van der Waals surface area (Å²) in [5.74, 6) is 1.55. The molecular formula is C26H29N3O7S2. The highest BCUT2D eigenvalue weighted by atomic mass is 32.2. The van der Waals surface area contributed by atoms with Crippen molar-refractivity contribution in [3.8, 4) is 12.3 Å². The fourth-order valence-electron chi connectivity index (χ4n) is 3.55. The number of fused-ring (bicyclic) bond motifs is 1. The number of rotatable bonds is 12. The Kier molecular flexibility index (Phi) is 10.3. The van der Waals surface area contributed by atoms with Crippen LogP contribution < -0.4 is 4.80 Å². The number of aromatic nitrogens is 1. The zero-order valence-electron chi connectivity index (χ0n) is 21.4. The van der Waals surface area contributed by atoms with Gasteiger partial charge >= 0.3 is 5.97 Å². The Balaban J connectivity index is 1.93. The van der Waals surface area contributed by atoms with E-state index in [4.69, 9.17) is 20.6 Å². The van der Waals surface area contributed by atoms with Crippen LogP contribution in [0.5, 0.6) is 0 Å². The lowest BCUT2D eigenvalue weighted by molar-refractivity contribution is 0.0526. The fourth-order valence-corrected chi connectivity index (χ4v) is 6.03. The molecule has 0 atom stereocenters. The second kappa shape index (κ2) is 13.5. The van der Waals surface area contributed by atoms with Crippen molar-refractivity contribution in [2.45, 2.75) is 18.4 Å². The maximum Gasteiger partial charge on any atom is 0.338 e. The third-order valence-electron chi connectivity index (χ3n) is 5.47. The van der Waals surface area contributed by atoms with E-state index >= 15 is 0 Å². The zero-order valence-corrected chi connectivity index (χ0v) is 23.0. The summed E-state index contributed by atoms with van der Waals surface area (Å²) in [5.41, 5.74) is 1.32. The van der Waals surface area contributed by atoms with E-state index in [0.717, 1.165) is 5.52 Å². The molecule has 0 bridgehead atoms. The number of hydrogen-bond donors (Lipinski definition) is 0. The summed E-state index contributed by atoms with van der Waals surface area (Å²) in [7, 11) is -0.836. The molecule has 10 nitrogen and oxygen atoms in total. The molecule has 2 aromatic carbocycles. The van der Waals surface area contributed by atoms with Gasteiger partial charge in [0.05, 0.1) is 47.0 Å². The number of terminal acetylenes is 1. The van der Waals surface area contributed by atoms with Gasteiger partial charge in [-0.25, -0.2) is 13.2 Å². The molecular weight excluding hydrogens is 530 g/mol. The van der Waals surface area contributed by atoms with Gasteiger partial charge < -0.3 is 18.8 Å². The van der Waals surface area contributed by atoms with Crippen LogP contribution >= 0.6 is 11.3 Å². The molecule has 202 valence electrons. The van der Waals surface area contributed by atoms with Crippen molar-refractivity contribution in [1.82, 2.24) is 8.87 Å². The lowest BCUT2D eigenvalue weighted by Crippen LogP contribution is -2.36. The highest BCUT2D eigenvalue weighted by molar-refractivity contribution is 7.89. The topological polar surface area (TPSA) is 117 Å². The summed E-state index contributed by atoms with van der Waals surface area (Å²) in [6, 6.07) is 10.6. The van der Waals surface area contributed by atoms with E-state index in [-0.39, 0.29) is 49.9 Å².